The van der Waals surface area contributed by atoms with Crippen LogP contribution in [0.25, 0.3) is 10.9 Å². The maximum atomic E-state index is 14.2. The van der Waals surface area contributed by atoms with E-state index in [-0.39, 0.29) is 17.8 Å². The van der Waals surface area contributed by atoms with Crippen LogP contribution in [0.2, 0.25) is 0 Å². The Morgan fingerprint density at radius 3 is 2.48 bits per heavy atom. The molecule has 42 heavy (non-hydrogen) atoms. The van der Waals surface area contributed by atoms with Crippen LogP contribution in [0.1, 0.15) is 67.5 Å². The average Bonchev–Trinajstić information content (AvgIpc) is 3.29. The topological polar surface area (TPSA) is 127 Å². The van der Waals surface area contributed by atoms with Gasteiger partial charge < -0.3 is 29.2 Å². The van der Waals surface area contributed by atoms with Crippen LogP contribution in [-0.4, -0.2) is 58.6 Å². The third kappa shape index (κ3) is 4.05. The maximum absolute atomic E-state index is 14.2. The lowest BCUT2D eigenvalue weighted by molar-refractivity contribution is -0.426. The van der Waals surface area contributed by atoms with E-state index >= 15 is 0 Å². The molecule has 0 radical (unpaired) electrons. The normalized spacial score (nSPS) is 33.2. The van der Waals surface area contributed by atoms with Crippen molar-refractivity contribution in [3.63, 3.8) is 0 Å². The first-order chi connectivity index (χ1) is 20.0. The second-order valence-electron chi connectivity index (χ2n) is 12.1. The van der Waals surface area contributed by atoms with Gasteiger partial charge in [0.15, 0.2) is 5.60 Å². The standard InChI is InChI=1S/C31H31FN2O8/c1-34(2)25(18-6-5-7-19(32)14-18)17-10-12-30(13-11-17)26-24(20-8-3-4-9-21(20)33-26)27-31(42-30)40-23(36)16-29(38,28(37)41-31)15-22(35)39-27/h3-9,14,17,25,27,33,38H,10-13,15-16H2,1-2H3. The average molecular weight is 579 g/mol. The van der Waals surface area contributed by atoms with Crippen LogP contribution in [0.5, 0.6) is 0 Å². The number of aromatic nitrogens is 1. The zero-order valence-corrected chi connectivity index (χ0v) is 23.2. The van der Waals surface area contributed by atoms with E-state index in [1.165, 1.54) is 6.07 Å². The van der Waals surface area contributed by atoms with Crippen LogP contribution in [0.15, 0.2) is 48.5 Å². The van der Waals surface area contributed by atoms with Crippen molar-refractivity contribution in [2.24, 2.45) is 5.92 Å². The van der Waals surface area contributed by atoms with Gasteiger partial charge in [0, 0.05) is 22.5 Å². The molecule has 4 unspecified atom stereocenters. The van der Waals surface area contributed by atoms with Gasteiger partial charge in [-0.1, -0.05) is 30.3 Å². The Morgan fingerprint density at radius 2 is 1.74 bits per heavy atom. The van der Waals surface area contributed by atoms with E-state index in [2.05, 4.69) is 9.88 Å². The first-order valence-corrected chi connectivity index (χ1v) is 14.1. The molecule has 220 valence electrons. The van der Waals surface area contributed by atoms with Crippen molar-refractivity contribution < 1.29 is 42.8 Å². The third-order valence-electron chi connectivity index (χ3n) is 9.15. The number of hydrogen-bond donors (Lipinski definition) is 2. The Morgan fingerprint density at radius 1 is 1.00 bits per heavy atom. The Bertz CT molecular complexity index is 1610. The number of H-pyrrole nitrogens is 1. The minimum absolute atomic E-state index is 0.0689. The molecule has 11 heteroatoms. The quantitative estimate of drug-likeness (QED) is 0.445. The number of carbonyl (C=O) groups excluding carboxylic acids is 3. The van der Waals surface area contributed by atoms with Crippen LogP contribution in [0.4, 0.5) is 4.39 Å². The summed E-state index contributed by atoms with van der Waals surface area (Å²) in [4.78, 5) is 44.8. The van der Waals surface area contributed by atoms with Crippen molar-refractivity contribution in [1.29, 1.82) is 0 Å². The van der Waals surface area contributed by atoms with Gasteiger partial charge in [-0.15, -0.1) is 0 Å². The molecular formula is C31H31FN2O8. The summed E-state index contributed by atoms with van der Waals surface area (Å²) in [5.41, 5.74) is -0.767. The summed E-state index contributed by atoms with van der Waals surface area (Å²) in [5.74, 6) is -5.61. The molecule has 2 aromatic carbocycles. The summed E-state index contributed by atoms with van der Waals surface area (Å²) in [6.07, 6.45) is -0.813. The summed E-state index contributed by atoms with van der Waals surface area (Å²) in [5, 5.41) is 11.6. The molecule has 1 aliphatic carbocycles. The van der Waals surface area contributed by atoms with E-state index in [1.807, 2.05) is 44.4 Å². The number of fused-ring (bicyclic) bond motifs is 7. The number of nitrogens with zero attached hydrogens (tertiary/aromatic N) is 1. The minimum atomic E-state index is -2.43. The molecule has 3 aliphatic heterocycles. The summed E-state index contributed by atoms with van der Waals surface area (Å²) in [6, 6.07) is 14.0. The van der Waals surface area contributed by atoms with E-state index in [1.54, 1.807) is 12.1 Å². The fourth-order valence-corrected chi connectivity index (χ4v) is 7.38. The molecule has 2 bridgehead atoms. The van der Waals surface area contributed by atoms with Gasteiger partial charge in [0.2, 0.25) is 6.10 Å². The van der Waals surface area contributed by atoms with Gasteiger partial charge in [0.25, 0.3) is 0 Å². The summed E-state index contributed by atoms with van der Waals surface area (Å²) >= 11 is 0. The van der Waals surface area contributed by atoms with Gasteiger partial charge in [0.1, 0.15) is 11.4 Å². The maximum Gasteiger partial charge on any atom is 0.421 e. The first kappa shape index (κ1) is 27.1. The number of aromatic amines is 1. The number of aliphatic hydroxyl groups is 1. The zero-order valence-electron chi connectivity index (χ0n) is 23.2. The lowest BCUT2D eigenvalue weighted by Crippen LogP contribution is -2.59. The number of carbonyl (C=O) groups is 3. The SMILES string of the molecule is CN(C)C(c1cccc(F)c1)C1CCC2(CC1)OC13OC(=O)CC(O)(CC(=O)OC1c1c2[nH]c2ccccc12)C(=O)O3. The first-order valence-electron chi connectivity index (χ1n) is 14.1. The molecule has 2 N–H and O–H groups in total. The largest absolute Gasteiger partial charge is 0.446 e. The van der Waals surface area contributed by atoms with Gasteiger partial charge in [-0.25, -0.2) is 9.18 Å². The second-order valence-corrected chi connectivity index (χ2v) is 12.1. The van der Waals surface area contributed by atoms with Crippen molar-refractivity contribution in [1.82, 2.24) is 9.88 Å². The van der Waals surface area contributed by atoms with Crippen molar-refractivity contribution >= 4 is 28.8 Å². The zero-order chi connectivity index (χ0) is 29.4. The highest BCUT2D eigenvalue weighted by molar-refractivity contribution is 5.93. The van der Waals surface area contributed by atoms with Gasteiger partial charge in [-0.2, -0.15) is 0 Å². The highest BCUT2D eigenvalue weighted by atomic mass is 19.1. The molecule has 4 atom stereocenters. The predicted octanol–water partition coefficient (Wildman–Crippen LogP) is 3.89. The third-order valence-corrected chi connectivity index (χ3v) is 9.15. The number of esters is 3. The number of benzene rings is 2. The molecular weight excluding hydrogens is 547 g/mol. The Hall–Kier alpha value is -3.80. The lowest BCUT2D eigenvalue weighted by Gasteiger charge is -2.51. The van der Waals surface area contributed by atoms with Crippen LogP contribution >= 0.6 is 0 Å². The Labute approximate surface area is 240 Å². The molecule has 4 aliphatic rings. The van der Waals surface area contributed by atoms with E-state index in [0.717, 1.165) is 11.1 Å². The van der Waals surface area contributed by atoms with Crippen molar-refractivity contribution in [3.8, 4) is 0 Å². The van der Waals surface area contributed by atoms with E-state index in [4.69, 9.17) is 18.9 Å². The van der Waals surface area contributed by atoms with Crippen molar-refractivity contribution in [2.75, 3.05) is 14.1 Å². The molecule has 7 rings (SSSR count). The van der Waals surface area contributed by atoms with E-state index < -0.39 is 54.0 Å². The van der Waals surface area contributed by atoms with Crippen LogP contribution in [-0.2, 0) is 38.9 Å². The predicted molar refractivity (Wildman–Crippen MR) is 144 cm³/mol. The van der Waals surface area contributed by atoms with E-state index in [0.29, 0.717) is 42.3 Å². The molecule has 3 aromatic rings. The van der Waals surface area contributed by atoms with Crippen LogP contribution in [0.3, 0.4) is 0 Å². The number of rotatable bonds is 3. The summed E-state index contributed by atoms with van der Waals surface area (Å²) in [7, 11) is 3.93. The minimum Gasteiger partial charge on any atom is -0.446 e. The van der Waals surface area contributed by atoms with Crippen LogP contribution in [0, 0.1) is 11.7 Å². The molecule has 2 saturated heterocycles. The monoisotopic (exact) mass is 578 g/mol. The van der Waals surface area contributed by atoms with Gasteiger partial charge in [-0.3, -0.25) is 14.3 Å². The fraction of sp³-hybridized carbons (Fsp3) is 0.452. The number of ether oxygens (including phenoxy) is 4. The van der Waals surface area contributed by atoms with Crippen LogP contribution < -0.4 is 0 Å². The Balaban J connectivity index is 1.34. The van der Waals surface area contributed by atoms with Gasteiger partial charge in [0.05, 0.1) is 18.5 Å². The second kappa shape index (κ2) is 9.35. The smallest absolute Gasteiger partial charge is 0.421 e. The van der Waals surface area contributed by atoms with Crippen molar-refractivity contribution in [3.05, 3.63) is 71.2 Å². The molecule has 2 spiro atoms. The lowest BCUT2D eigenvalue weighted by atomic mass is 9.71. The van der Waals surface area contributed by atoms with E-state index in [9.17, 15) is 23.9 Å². The summed E-state index contributed by atoms with van der Waals surface area (Å²) < 4.78 is 38.1. The molecule has 10 nitrogen and oxygen atoms in total. The van der Waals surface area contributed by atoms with Crippen molar-refractivity contribution in [2.45, 2.75) is 67.8 Å². The fourth-order valence-electron chi connectivity index (χ4n) is 7.38. The number of hydrogen-bond acceptors (Lipinski definition) is 9. The molecule has 1 saturated carbocycles. The highest BCUT2D eigenvalue weighted by Crippen LogP contribution is 2.59. The van der Waals surface area contributed by atoms with Gasteiger partial charge >= 0.3 is 23.9 Å². The number of nitrogens with one attached hydrogen (secondary N) is 1. The molecule has 1 aromatic heterocycles. The number of halogens is 1. The molecule has 4 heterocycles. The summed E-state index contributed by atoms with van der Waals surface area (Å²) in [6.45, 7) is 0. The Kier molecular flexibility index (Phi) is 6.02. The molecule has 3 fully saturated rings. The number of para-hydroxylation sites is 1. The molecule has 0 amide bonds. The highest BCUT2D eigenvalue weighted by Gasteiger charge is 2.68. The van der Waals surface area contributed by atoms with Gasteiger partial charge in [-0.05, 0) is 69.5 Å².